The summed E-state index contributed by atoms with van der Waals surface area (Å²) in [6.07, 6.45) is 0.581. The van der Waals surface area contributed by atoms with Crippen molar-refractivity contribution in [1.29, 1.82) is 0 Å². The molecule has 0 bridgehead atoms. The van der Waals surface area contributed by atoms with Crippen LogP contribution in [0.3, 0.4) is 0 Å². The van der Waals surface area contributed by atoms with Crippen molar-refractivity contribution in [2.24, 2.45) is 7.05 Å². The van der Waals surface area contributed by atoms with Crippen molar-refractivity contribution in [2.45, 2.75) is 6.42 Å². The van der Waals surface area contributed by atoms with Crippen LogP contribution in [0, 0.1) is 11.6 Å². The molecule has 0 amide bonds. The molecule has 28 heavy (non-hydrogen) atoms. The number of rotatable bonds is 5. The van der Waals surface area contributed by atoms with E-state index in [0.29, 0.717) is 12.0 Å². The average Bonchev–Trinajstić information content (AvgIpc) is 3.04. The lowest BCUT2D eigenvalue weighted by Gasteiger charge is -2.36. The van der Waals surface area contributed by atoms with Crippen molar-refractivity contribution in [1.82, 2.24) is 19.6 Å². The van der Waals surface area contributed by atoms with Crippen LogP contribution in [0.15, 0.2) is 49.0 Å². The molecule has 0 unspecified atom stereocenters. The summed E-state index contributed by atoms with van der Waals surface area (Å²) < 4.78 is 28.7. The van der Waals surface area contributed by atoms with Crippen LogP contribution in [-0.4, -0.2) is 52.3 Å². The summed E-state index contributed by atoms with van der Waals surface area (Å²) >= 11 is 0. The third-order valence-corrected chi connectivity index (χ3v) is 5.50. The molecule has 4 rings (SSSR count). The highest BCUT2D eigenvalue weighted by Gasteiger charge is 2.21. The molecule has 0 atom stereocenters. The van der Waals surface area contributed by atoms with E-state index in [1.165, 1.54) is 12.1 Å². The predicted octanol–water partition coefficient (Wildman–Crippen LogP) is 3.68. The molecule has 1 aromatic heterocycles. The van der Waals surface area contributed by atoms with E-state index in [0.717, 1.165) is 61.1 Å². The summed E-state index contributed by atoms with van der Waals surface area (Å²) in [4.78, 5) is 4.58. The van der Waals surface area contributed by atoms with Gasteiger partial charge in [0.1, 0.15) is 17.3 Å². The molecular weight excluding hydrogens is 358 g/mol. The molecule has 2 heterocycles. The minimum absolute atomic E-state index is 0.464. The van der Waals surface area contributed by atoms with E-state index in [1.807, 2.05) is 23.9 Å². The molecule has 0 spiro atoms. The first-order valence-electron chi connectivity index (χ1n) is 9.55. The largest absolute Gasteiger partial charge is 0.368 e. The number of halogens is 2. The van der Waals surface area contributed by atoms with E-state index < -0.39 is 11.6 Å². The van der Waals surface area contributed by atoms with Crippen molar-refractivity contribution in [3.63, 3.8) is 0 Å². The van der Waals surface area contributed by atoms with Crippen LogP contribution in [0.1, 0.15) is 11.3 Å². The fourth-order valence-electron chi connectivity index (χ4n) is 3.82. The van der Waals surface area contributed by atoms with E-state index in [-0.39, 0.29) is 0 Å². The minimum Gasteiger partial charge on any atom is -0.368 e. The Labute approximate surface area is 163 Å². The average molecular weight is 382 g/mol. The molecule has 0 saturated carbocycles. The second kappa shape index (κ2) is 7.72. The zero-order valence-corrected chi connectivity index (χ0v) is 16.0. The number of hydrogen-bond acceptors (Lipinski definition) is 3. The lowest BCUT2D eigenvalue weighted by atomic mass is 10.1. The number of hydrogen-bond donors (Lipinski definition) is 0. The Morgan fingerprint density at radius 3 is 2.57 bits per heavy atom. The van der Waals surface area contributed by atoms with Crippen LogP contribution >= 0.6 is 0 Å². The van der Waals surface area contributed by atoms with Gasteiger partial charge in [-0.1, -0.05) is 30.8 Å². The summed E-state index contributed by atoms with van der Waals surface area (Å²) in [7, 11) is 1.95. The van der Waals surface area contributed by atoms with Crippen LogP contribution in [0.5, 0.6) is 0 Å². The Hall–Kier alpha value is -2.73. The van der Waals surface area contributed by atoms with Gasteiger partial charge < -0.3 is 4.90 Å². The molecule has 2 aromatic carbocycles. The van der Waals surface area contributed by atoms with Gasteiger partial charge in [-0.15, -0.1) is 0 Å². The SMILES string of the molecule is C=C(c1nn(C)c2ccccc12)N1CCN(CCc2ccc(F)cc2F)CC1. The number of piperazine rings is 1. The molecule has 146 valence electrons. The minimum atomic E-state index is -0.532. The van der Waals surface area contributed by atoms with E-state index in [4.69, 9.17) is 0 Å². The molecule has 0 radical (unpaired) electrons. The molecule has 1 saturated heterocycles. The molecule has 4 nitrogen and oxygen atoms in total. The molecular formula is C22H24F2N4. The van der Waals surface area contributed by atoms with Gasteiger partial charge in [0, 0.05) is 51.2 Å². The zero-order valence-electron chi connectivity index (χ0n) is 16.0. The summed E-state index contributed by atoms with van der Waals surface area (Å²) in [5, 5.41) is 5.78. The number of aryl methyl sites for hydroxylation is 1. The number of para-hydroxylation sites is 1. The Morgan fingerprint density at radius 1 is 1.07 bits per heavy atom. The normalized spacial score (nSPS) is 15.3. The molecule has 1 fully saturated rings. The van der Waals surface area contributed by atoms with Crippen molar-refractivity contribution in [2.75, 3.05) is 32.7 Å². The van der Waals surface area contributed by atoms with Gasteiger partial charge in [-0.25, -0.2) is 8.78 Å². The van der Waals surface area contributed by atoms with Crippen LogP contribution in [-0.2, 0) is 13.5 Å². The third kappa shape index (κ3) is 3.64. The maximum absolute atomic E-state index is 13.8. The summed E-state index contributed by atoms with van der Waals surface area (Å²) in [6, 6.07) is 12.0. The maximum atomic E-state index is 13.8. The van der Waals surface area contributed by atoms with E-state index in [2.05, 4.69) is 33.6 Å². The molecule has 3 aromatic rings. The Kier molecular flexibility index (Phi) is 5.13. The van der Waals surface area contributed by atoms with Gasteiger partial charge in [0.2, 0.25) is 0 Å². The molecule has 0 N–H and O–H groups in total. The number of fused-ring (bicyclic) bond motifs is 1. The van der Waals surface area contributed by atoms with Gasteiger partial charge in [0.25, 0.3) is 0 Å². The lowest BCUT2D eigenvalue weighted by Crippen LogP contribution is -2.45. The first kappa shape index (κ1) is 18.6. The maximum Gasteiger partial charge on any atom is 0.129 e. The van der Waals surface area contributed by atoms with Gasteiger partial charge in [0.15, 0.2) is 0 Å². The Balaban J connectivity index is 1.36. The van der Waals surface area contributed by atoms with Gasteiger partial charge >= 0.3 is 0 Å². The van der Waals surface area contributed by atoms with Crippen LogP contribution < -0.4 is 0 Å². The highest BCUT2D eigenvalue weighted by molar-refractivity contribution is 5.89. The van der Waals surface area contributed by atoms with Crippen LogP contribution in [0.2, 0.25) is 0 Å². The fraction of sp³-hybridized carbons (Fsp3) is 0.318. The zero-order chi connectivity index (χ0) is 19.7. The smallest absolute Gasteiger partial charge is 0.129 e. The highest BCUT2D eigenvalue weighted by Crippen LogP contribution is 2.26. The first-order valence-corrected chi connectivity index (χ1v) is 9.55. The van der Waals surface area contributed by atoms with Crippen molar-refractivity contribution in [3.8, 4) is 0 Å². The number of nitrogens with zero attached hydrogens (tertiary/aromatic N) is 4. The third-order valence-electron chi connectivity index (χ3n) is 5.50. The monoisotopic (exact) mass is 382 g/mol. The summed E-state index contributed by atoms with van der Waals surface area (Å²) in [5.74, 6) is -0.996. The molecule has 1 aliphatic heterocycles. The van der Waals surface area contributed by atoms with Crippen molar-refractivity contribution >= 4 is 16.6 Å². The summed E-state index contributed by atoms with van der Waals surface area (Å²) in [6.45, 7) is 8.53. The van der Waals surface area contributed by atoms with Crippen LogP contribution in [0.4, 0.5) is 8.78 Å². The van der Waals surface area contributed by atoms with Gasteiger partial charge in [-0.05, 0) is 24.1 Å². The molecule has 0 aliphatic carbocycles. The van der Waals surface area contributed by atoms with Crippen molar-refractivity contribution < 1.29 is 8.78 Å². The van der Waals surface area contributed by atoms with Crippen LogP contribution in [0.25, 0.3) is 16.6 Å². The predicted molar refractivity (Wildman–Crippen MR) is 108 cm³/mol. The van der Waals surface area contributed by atoms with E-state index in [9.17, 15) is 8.78 Å². The molecule has 6 heteroatoms. The number of benzene rings is 2. The first-order chi connectivity index (χ1) is 13.5. The second-order valence-electron chi connectivity index (χ2n) is 7.25. The van der Waals surface area contributed by atoms with Gasteiger partial charge in [-0.2, -0.15) is 5.10 Å². The van der Waals surface area contributed by atoms with E-state index in [1.54, 1.807) is 0 Å². The van der Waals surface area contributed by atoms with Crippen molar-refractivity contribution in [3.05, 3.63) is 71.9 Å². The van der Waals surface area contributed by atoms with Gasteiger partial charge in [0.05, 0.1) is 11.2 Å². The molecule has 1 aliphatic rings. The standard InChI is InChI=1S/C22H24F2N4/c1-16(22-19-5-3-4-6-21(19)26(2)25-22)28-13-11-27(12-14-28)10-9-17-7-8-18(23)15-20(17)24/h3-8,15H,1,9-14H2,2H3. The Bertz CT molecular complexity index is 1000. The second-order valence-corrected chi connectivity index (χ2v) is 7.25. The lowest BCUT2D eigenvalue weighted by molar-refractivity contribution is 0.177. The van der Waals surface area contributed by atoms with Gasteiger partial charge in [-0.3, -0.25) is 9.58 Å². The topological polar surface area (TPSA) is 24.3 Å². The van der Waals surface area contributed by atoms with E-state index >= 15 is 0 Å². The summed E-state index contributed by atoms with van der Waals surface area (Å²) in [5.41, 5.74) is 3.53. The quantitative estimate of drug-likeness (QED) is 0.673. The Morgan fingerprint density at radius 2 is 1.82 bits per heavy atom. The fourth-order valence-corrected chi connectivity index (χ4v) is 3.82. The number of aromatic nitrogens is 2. The highest BCUT2D eigenvalue weighted by atomic mass is 19.1.